The second-order valence-corrected chi connectivity index (χ2v) is 7.19. The molecule has 1 N–H and O–H groups in total. The van der Waals surface area contributed by atoms with Gasteiger partial charge in [-0.3, -0.25) is 14.6 Å². The summed E-state index contributed by atoms with van der Waals surface area (Å²) in [6.07, 6.45) is 5.56. The van der Waals surface area contributed by atoms with Gasteiger partial charge in [0.15, 0.2) is 0 Å². The van der Waals surface area contributed by atoms with Crippen molar-refractivity contribution in [1.82, 2.24) is 19.8 Å². The number of carbonyl (C=O) groups is 2. The predicted molar refractivity (Wildman–Crippen MR) is 108 cm³/mol. The van der Waals surface area contributed by atoms with Gasteiger partial charge in [0.2, 0.25) is 5.91 Å². The van der Waals surface area contributed by atoms with Gasteiger partial charge in [0.1, 0.15) is 12.4 Å². The van der Waals surface area contributed by atoms with Crippen molar-refractivity contribution in [2.75, 3.05) is 38.5 Å². The van der Waals surface area contributed by atoms with Crippen LogP contribution >= 0.6 is 0 Å². The molecule has 0 saturated heterocycles. The molecule has 0 fully saturated rings. The second-order valence-electron chi connectivity index (χ2n) is 7.19. The van der Waals surface area contributed by atoms with E-state index in [0.29, 0.717) is 18.7 Å². The Hall–Kier alpha value is -2.96. The minimum atomic E-state index is -0.159. The summed E-state index contributed by atoms with van der Waals surface area (Å²) < 4.78 is 0. The zero-order chi connectivity index (χ0) is 19.9. The monoisotopic (exact) mass is 381 g/mol. The molecule has 148 valence electrons. The quantitative estimate of drug-likeness (QED) is 0.819. The Labute approximate surface area is 165 Å². The topological polar surface area (TPSA) is 78.4 Å². The number of amides is 2. The van der Waals surface area contributed by atoms with Crippen LogP contribution in [0, 0.1) is 6.92 Å². The maximum atomic E-state index is 13.0. The normalized spacial score (nSPS) is 16.3. The fraction of sp³-hybridized carbons (Fsp3) is 0.429. The molecule has 0 unspecified atom stereocenters. The standard InChI is InChI=1S/C21H27N5O2/c1-16-12-17(14-22-13-16)21(28)26-11-4-7-18-6-3-8-19(24-18)23-9-5-10-25(2)20(27)15-26/h3,6,8,12-14H,4-5,7,9-11,15H2,1-2H3,(H,23,24). The highest BCUT2D eigenvalue weighted by Gasteiger charge is 2.21. The third-order valence-corrected chi connectivity index (χ3v) is 4.81. The van der Waals surface area contributed by atoms with E-state index in [0.717, 1.165) is 42.9 Å². The minimum Gasteiger partial charge on any atom is -0.370 e. The van der Waals surface area contributed by atoms with Crippen LogP contribution in [-0.4, -0.2) is 64.8 Å². The van der Waals surface area contributed by atoms with Gasteiger partial charge in [-0.05, 0) is 49.9 Å². The van der Waals surface area contributed by atoms with E-state index in [1.807, 2.05) is 31.2 Å². The van der Waals surface area contributed by atoms with Gasteiger partial charge in [0, 0.05) is 44.8 Å². The molecule has 7 heteroatoms. The Morgan fingerprint density at radius 1 is 1.18 bits per heavy atom. The summed E-state index contributed by atoms with van der Waals surface area (Å²) in [7, 11) is 1.78. The van der Waals surface area contributed by atoms with E-state index < -0.39 is 0 Å². The van der Waals surface area contributed by atoms with Crippen molar-refractivity contribution in [3.63, 3.8) is 0 Å². The van der Waals surface area contributed by atoms with Gasteiger partial charge in [-0.1, -0.05) is 6.07 Å². The summed E-state index contributed by atoms with van der Waals surface area (Å²) in [5, 5.41) is 3.31. The summed E-state index contributed by atoms with van der Waals surface area (Å²) in [5.74, 6) is 0.637. The largest absolute Gasteiger partial charge is 0.370 e. The van der Waals surface area contributed by atoms with Gasteiger partial charge in [-0.15, -0.1) is 0 Å². The van der Waals surface area contributed by atoms with E-state index in [2.05, 4.69) is 15.3 Å². The summed E-state index contributed by atoms with van der Waals surface area (Å²) in [6.45, 7) is 3.83. The van der Waals surface area contributed by atoms with E-state index in [1.165, 1.54) is 0 Å². The second kappa shape index (κ2) is 9.30. The zero-order valence-electron chi connectivity index (χ0n) is 16.5. The van der Waals surface area contributed by atoms with Crippen LogP contribution < -0.4 is 5.32 Å². The maximum absolute atomic E-state index is 13.0. The van der Waals surface area contributed by atoms with Crippen molar-refractivity contribution < 1.29 is 9.59 Å². The zero-order valence-corrected chi connectivity index (χ0v) is 16.5. The fourth-order valence-corrected chi connectivity index (χ4v) is 3.22. The highest BCUT2D eigenvalue weighted by atomic mass is 16.2. The lowest BCUT2D eigenvalue weighted by Gasteiger charge is -2.26. The van der Waals surface area contributed by atoms with Gasteiger partial charge in [-0.25, -0.2) is 4.98 Å². The van der Waals surface area contributed by atoms with Crippen LogP contribution in [0.2, 0.25) is 0 Å². The van der Waals surface area contributed by atoms with E-state index in [9.17, 15) is 9.59 Å². The molecule has 7 nitrogen and oxygen atoms in total. The molecule has 0 saturated carbocycles. The first-order valence-electron chi connectivity index (χ1n) is 9.67. The van der Waals surface area contributed by atoms with Crippen molar-refractivity contribution >= 4 is 17.6 Å². The first kappa shape index (κ1) is 19.8. The van der Waals surface area contributed by atoms with Gasteiger partial charge in [0.25, 0.3) is 5.91 Å². The first-order valence-corrected chi connectivity index (χ1v) is 9.67. The molecule has 28 heavy (non-hydrogen) atoms. The number of hydrogen-bond acceptors (Lipinski definition) is 5. The van der Waals surface area contributed by atoms with Crippen LogP contribution in [-0.2, 0) is 11.2 Å². The Bertz CT molecular complexity index is 839. The number of aryl methyl sites for hydroxylation is 2. The fourth-order valence-electron chi connectivity index (χ4n) is 3.22. The highest BCUT2D eigenvalue weighted by Crippen LogP contribution is 2.11. The first-order chi connectivity index (χ1) is 13.5. The van der Waals surface area contributed by atoms with Gasteiger partial charge >= 0.3 is 0 Å². The summed E-state index contributed by atoms with van der Waals surface area (Å²) in [4.78, 5) is 37.7. The average molecular weight is 381 g/mol. The van der Waals surface area contributed by atoms with E-state index in [-0.39, 0.29) is 18.4 Å². The number of likely N-dealkylation sites (N-methyl/N-ethyl adjacent to an activating group) is 1. The Kier molecular flexibility index (Phi) is 6.57. The van der Waals surface area contributed by atoms with Gasteiger partial charge < -0.3 is 15.1 Å². The predicted octanol–water partition coefficient (Wildman–Crippen LogP) is 2.13. The molecule has 0 spiro atoms. The molecule has 0 aliphatic carbocycles. The lowest BCUT2D eigenvalue weighted by Crippen LogP contribution is -2.42. The summed E-state index contributed by atoms with van der Waals surface area (Å²) >= 11 is 0. The molecule has 1 aliphatic heterocycles. The van der Waals surface area contributed by atoms with Crippen molar-refractivity contribution in [1.29, 1.82) is 0 Å². The SMILES string of the molecule is Cc1cncc(C(=O)N2CCCc3cccc(n3)NCCCN(C)C(=O)C2)c1. The average Bonchev–Trinajstić information content (AvgIpc) is 2.69. The summed E-state index contributed by atoms with van der Waals surface area (Å²) in [6, 6.07) is 7.75. The van der Waals surface area contributed by atoms with Crippen LogP contribution in [0.4, 0.5) is 5.82 Å². The van der Waals surface area contributed by atoms with Crippen LogP contribution in [0.25, 0.3) is 0 Å². The Morgan fingerprint density at radius 3 is 2.86 bits per heavy atom. The van der Waals surface area contributed by atoms with Crippen LogP contribution in [0.1, 0.15) is 34.5 Å². The number of fused-ring (bicyclic) bond motifs is 2. The number of aromatic nitrogens is 2. The third-order valence-electron chi connectivity index (χ3n) is 4.81. The summed E-state index contributed by atoms with van der Waals surface area (Å²) in [5.41, 5.74) is 2.42. The molecule has 2 bridgehead atoms. The lowest BCUT2D eigenvalue weighted by atomic mass is 10.1. The van der Waals surface area contributed by atoms with Crippen molar-refractivity contribution in [3.8, 4) is 0 Å². The molecule has 0 atom stereocenters. The maximum Gasteiger partial charge on any atom is 0.255 e. The van der Waals surface area contributed by atoms with E-state index in [1.54, 1.807) is 29.2 Å². The number of hydrogen-bond donors (Lipinski definition) is 1. The third kappa shape index (κ3) is 5.28. The molecular formula is C21H27N5O2. The molecule has 0 aromatic carbocycles. The van der Waals surface area contributed by atoms with Crippen molar-refractivity contribution in [2.24, 2.45) is 0 Å². The van der Waals surface area contributed by atoms with Crippen LogP contribution in [0.15, 0.2) is 36.7 Å². The molecule has 2 aromatic rings. The lowest BCUT2D eigenvalue weighted by molar-refractivity contribution is -0.130. The molecular weight excluding hydrogens is 354 g/mol. The number of rotatable bonds is 1. The smallest absolute Gasteiger partial charge is 0.255 e. The number of anilines is 1. The van der Waals surface area contributed by atoms with E-state index in [4.69, 9.17) is 0 Å². The number of pyridine rings is 2. The van der Waals surface area contributed by atoms with Gasteiger partial charge in [-0.2, -0.15) is 0 Å². The number of carbonyl (C=O) groups excluding carboxylic acids is 2. The molecule has 3 rings (SSSR count). The molecule has 2 aromatic heterocycles. The van der Waals surface area contributed by atoms with Crippen molar-refractivity contribution in [2.45, 2.75) is 26.2 Å². The van der Waals surface area contributed by atoms with Crippen LogP contribution in [0.3, 0.4) is 0 Å². The Morgan fingerprint density at radius 2 is 2.04 bits per heavy atom. The number of nitrogens with one attached hydrogen (secondary N) is 1. The number of nitrogens with zero attached hydrogens (tertiary/aromatic N) is 4. The molecule has 0 radical (unpaired) electrons. The minimum absolute atomic E-state index is 0.0531. The van der Waals surface area contributed by atoms with E-state index >= 15 is 0 Å². The van der Waals surface area contributed by atoms with Gasteiger partial charge in [0.05, 0.1) is 5.56 Å². The van der Waals surface area contributed by atoms with Crippen LogP contribution in [0.5, 0.6) is 0 Å². The molecule has 1 aliphatic rings. The highest BCUT2D eigenvalue weighted by molar-refractivity contribution is 5.96. The molecule has 2 amide bonds. The van der Waals surface area contributed by atoms with Crippen molar-refractivity contribution in [3.05, 3.63) is 53.5 Å². The Balaban J connectivity index is 1.79. The molecule has 3 heterocycles.